The van der Waals surface area contributed by atoms with Crippen LogP contribution in [0.3, 0.4) is 0 Å². The molecule has 1 N–H and O–H groups in total. The van der Waals surface area contributed by atoms with E-state index in [1.165, 1.54) is 22.7 Å². The fourth-order valence-corrected chi connectivity index (χ4v) is 3.87. The quantitative estimate of drug-likeness (QED) is 0.899. The van der Waals surface area contributed by atoms with E-state index in [1.54, 1.807) is 24.8 Å². The zero-order valence-corrected chi connectivity index (χ0v) is 13.3. The molecule has 1 saturated heterocycles. The van der Waals surface area contributed by atoms with Crippen LogP contribution in [-0.2, 0) is 10.2 Å². The summed E-state index contributed by atoms with van der Waals surface area (Å²) in [4.78, 5) is 15.8. The van der Waals surface area contributed by atoms with Crippen molar-refractivity contribution in [3.8, 4) is 11.5 Å². The van der Waals surface area contributed by atoms with Gasteiger partial charge in [-0.25, -0.2) is 9.97 Å². The lowest BCUT2D eigenvalue weighted by atomic mass is 10.2. The lowest BCUT2D eigenvalue weighted by Crippen LogP contribution is -2.39. The van der Waals surface area contributed by atoms with Gasteiger partial charge in [0.15, 0.2) is 5.82 Å². The molecule has 2 aromatic rings. The smallest absolute Gasteiger partial charge is 0.282 e. The van der Waals surface area contributed by atoms with Gasteiger partial charge in [-0.1, -0.05) is 0 Å². The summed E-state index contributed by atoms with van der Waals surface area (Å²) < 4.78 is 27.4. The third kappa shape index (κ3) is 2.62. The molecule has 3 heterocycles. The van der Waals surface area contributed by atoms with E-state index in [4.69, 9.17) is 0 Å². The molecule has 22 heavy (non-hydrogen) atoms. The molecular weight excluding hydrogens is 304 g/mol. The van der Waals surface area contributed by atoms with E-state index in [1.807, 2.05) is 0 Å². The lowest BCUT2D eigenvalue weighted by molar-refractivity contribution is 0.357. The van der Waals surface area contributed by atoms with Crippen molar-refractivity contribution >= 4 is 10.2 Å². The van der Waals surface area contributed by atoms with Crippen molar-refractivity contribution < 1.29 is 8.42 Å². The highest BCUT2D eigenvalue weighted by molar-refractivity contribution is 7.86. The van der Waals surface area contributed by atoms with Gasteiger partial charge in [0.2, 0.25) is 0 Å². The normalized spacial score (nSPS) is 19.9. The molecule has 1 aliphatic heterocycles. The number of nitrogens with zero attached hydrogens (tertiary/aromatic N) is 5. The van der Waals surface area contributed by atoms with E-state index in [-0.39, 0.29) is 6.04 Å². The molecule has 9 heteroatoms. The Morgan fingerprint density at radius 2 is 2.09 bits per heavy atom. The molecule has 3 rings (SSSR count). The highest BCUT2D eigenvalue weighted by Crippen LogP contribution is 2.33. The van der Waals surface area contributed by atoms with E-state index < -0.39 is 10.2 Å². The van der Waals surface area contributed by atoms with E-state index in [2.05, 4.69) is 19.9 Å². The fourth-order valence-electron chi connectivity index (χ4n) is 2.56. The Kier molecular flexibility index (Phi) is 3.94. The van der Waals surface area contributed by atoms with Crippen LogP contribution < -0.4 is 0 Å². The lowest BCUT2D eigenvalue weighted by Gasteiger charge is -2.26. The summed E-state index contributed by atoms with van der Waals surface area (Å²) in [6.07, 6.45) is 8.18. The van der Waals surface area contributed by atoms with Crippen LogP contribution in [0.4, 0.5) is 0 Å². The van der Waals surface area contributed by atoms with Crippen molar-refractivity contribution in [2.24, 2.45) is 0 Å². The van der Waals surface area contributed by atoms with Gasteiger partial charge in [-0.3, -0.25) is 4.98 Å². The van der Waals surface area contributed by atoms with Crippen molar-refractivity contribution in [3.05, 3.63) is 30.5 Å². The van der Waals surface area contributed by atoms with Crippen molar-refractivity contribution in [2.45, 2.75) is 18.9 Å². The van der Waals surface area contributed by atoms with Crippen molar-refractivity contribution in [2.75, 3.05) is 20.6 Å². The molecule has 0 saturated carbocycles. The standard InChI is InChI=1S/C13H18N6O2S/c1-18(2)22(20,21)19-7-3-4-12(19)10-8-17-11(9-16-10)13-14-5-6-15-13/h5-6,8-9,12H,3-4,7H2,1-2H3,(H,14,15)/t12-/m0/s1. The Morgan fingerprint density at radius 3 is 2.68 bits per heavy atom. The van der Waals surface area contributed by atoms with Crippen molar-refractivity contribution in [3.63, 3.8) is 0 Å². The minimum Gasteiger partial charge on any atom is -0.343 e. The highest BCUT2D eigenvalue weighted by Gasteiger charge is 2.37. The first-order valence-electron chi connectivity index (χ1n) is 7.01. The third-order valence-electron chi connectivity index (χ3n) is 3.72. The number of imidazole rings is 1. The number of hydrogen-bond donors (Lipinski definition) is 1. The van der Waals surface area contributed by atoms with Crippen LogP contribution in [0.15, 0.2) is 24.8 Å². The van der Waals surface area contributed by atoms with Crippen LogP contribution in [0.5, 0.6) is 0 Å². The molecule has 1 atom stereocenters. The van der Waals surface area contributed by atoms with Gasteiger partial charge in [-0.2, -0.15) is 17.0 Å². The zero-order valence-electron chi connectivity index (χ0n) is 12.5. The number of aromatic nitrogens is 4. The molecular formula is C13H18N6O2S. The molecule has 2 aromatic heterocycles. The molecule has 0 aliphatic carbocycles. The van der Waals surface area contributed by atoms with Crippen molar-refractivity contribution in [1.29, 1.82) is 0 Å². The second kappa shape index (κ2) is 5.75. The van der Waals surface area contributed by atoms with Crippen LogP contribution in [0.25, 0.3) is 11.5 Å². The Labute approximate surface area is 129 Å². The largest absolute Gasteiger partial charge is 0.343 e. The first-order chi connectivity index (χ1) is 10.5. The molecule has 0 radical (unpaired) electrons. The maximum Gasteiger partial charge on any atom is 0.282 e. The molecule has 0 bridgehead atoms. The number of aromatic amines is 1. The van der Waals surface area contributed by atoms with Crippen LogP contribution in [0.2, 0.25) is 0 Å². The Balaban J connectivity index is 1.87. The van der Waals surface area contributed by atoms with Gasteiger partial charge in [0.05, 0.1) is 24.1 Å². The van der Waals surface area contributed by atoms with Gasteiger partial charge in [-0.05, 0) is 12.8 Å². The summed E-state index contributed by atoms with van der Waals surface area (Å²) in [5, 5.41) is 0. The monoisotopic (exact) mass is 322 g/mol. The minimum absolute atomic E-state index is 0.259. The predicted molar refractivity (Wildman–Crippen MR) is 80.9 cm³/mol. The van der Waals surface area contributed by atoms with Gasteiger partial charge in [0.25, 0.3) is 10.2 Å². The fraction of sp³-hybridized carbons (Fsp3) is 0.462. The summed E-state index contributed by atoms with van der Waals surface area (Å²) in [7, 11) is -0.371. The van der Waals surface area contributed by atoms with Gasteiger partial charge in [0.1, 0.15) is 5.69 Å². The minimum atomic E-state index is -3.45. The second-order valence-electron chi connectivity index (χ2n) is 5.32. The van der Waals surface area contributed by atoms with Crippen LogP contribution in [-0.4, -0.2) is 57.6 Å². The molecule has 0 aromatic carbocycles. The van der Waals surface area contributed by atoms with Gasteiger partial charge in [0, 0.05) is 33.0 Å². The Hall–Kier alpha value is -1.84. The SMILES string of the molecule is CN(C)S(=O)(=O)N1CCC[C@H]1c1cnc(-c2ncc[nH]2)cn1. The average molecular weight is 322 g/mol. The van der Waals surface area contributed by atoms with Crippen molar-refractivity contribution in [1.82, 2.24) is 28.5 Å². The van der Waals surface area contributed by atoms with Gasteiger partial charge >= 0.3 is 0 Å². The molecule has 0 unspecified atom stereocenters. The summed E-state index contributed by atoms with van der Waals surface area (Å²) >= 11 is 0. The average Bonchev–Trinajstić information content (AvgIpc) is 3.19. The number of hydrogen-bond acceptors (Lipinski definition) is 5. The number of rotatable bonds is 4. The molecule has 1 fully saturated rings. The van der Waals surface area contributed by atoms with Crippen LogP contribution >= 0.6 is 0 Å². The maximum absolute atomic E-state index is 12.4. The van der Waals surface area contributed by atoms with E-state index in [9.17, 15) is 8.42 Å². The van der Waals surface area contributed by atoms with E-state index >= 15 is 0 Å². The molecule has 0 amide bonds. The first kappa shape index (κ1) is 15.1. The second-order valence-corrected chi connectivity index (χ2v) is 7.42. The van der Waals surface area contributed by atoms with Crippen LogP contribution in [0, 0.1) is 0 Å². The molecule has 1 aliphatic rings. The zero-order chi connectivity index (χ0) is 15.7. The van der Waals surface area contributed by atoms with E-state index in [0.29, 0.717) is 23.8 Å². The maximum atomic E-state index is 12.4. The molecule has 0 spiro atoms. The van der Waals surface area contributed by atoms with Crippen LogP contribution in [0.1, 0.15) is 24.6 Å². The number of nitrogens with one attached hydrogen (secondary N) is 1. The topological polar surface area (TPSA) is 95.1 Å². The third-order valence-corrected chi connectivity index (χ3v) is 5.67. The predicted octanol–water partition coefficient (Wildman–Crippen LogP) is 0.810. The molecule has 8 nitrogen and oxygen atoms in total. The summed E-state index contributed by atoms with van der Waals surface area (Å²) in [6, 6.07) is -0.259. The Bertz CT molecular complexity index is 726. The summed E-state index contributed by atoms with van der Waals surface area (Å²) in [6.45, 7) is 0.507. The summed E-state index contributed by atoms with van der Waals surface area (Å²) in [5.41, 5.74) is 1.30. The first-order valence-corrected chi connectivity index (χ1v) is 8.41. The van der Waals surface area contributed by atoms with E-state index in [0.717, 1.165) is 12.8 Å². The number of H-pyrrole nitrogens is 1. The Morgan fingerprint density at radius 1 is 1.27 bits per heavy atom. The van der Waals surface area contributed by atoms with Gasteiger partial charge in [-0.15, -0.1) is 0 Å². The summed E-state index contributed by atoms with van der Waals surface area (Å²) in [5.74, 6) is 0.642. The highest BCUT2D eigenvalue weighted by atomic mass is 32.2. The molecule has 118 valence electrons. The van der Waals surface area contributed by atoms with Gasteiger partial charge < -0.3 is 4.98 Å².